The van der Waals surface area contributed by atoms with Crippen LogP contribution in [0.1, 0.15) is 48.0 Å². The van der Waals surface area contributed by atoms with Gasteiger partial charge in [-0.15, -0.1) is 0 Å². The molecule has 2 aliphatic carbocycles. The summed E-state index contributed by atoms with van der Waals surface area (Å²) in [4.78, 5) is 0. The average Bonchev–Trinajstić information content (AvgIpc) is 2.70. The largest absolute Gasteiger partial charge is 0.390 e. The topological polar surface area (TPSA) is 40.5 Å². The van der Waals surface area contributed by atoms with E-state index >= 15 is 0 Å². The van der Waals surface area contributed by atoms with Crippen molar-refractivity contribution in [1.29, 1.82) is 0 Å². The van der Waals surface area contributed by atoms with Gasteiger partial charge in [0, 0.05) is 5.41 Å². The molecule has 2 heteroatoms. The molecule has 2 fully saturated rings. The van der Waals surface area contributed by atoms with Crippen molar-refractivity contribution < 1.29 is 10.2 Å². The second-order valence-electron chi connectivity index (χ2n) is 7.93. The molecule has 0 bridgehead atoms. The van der Waals surface area contributed by atoms with Crippen LogP contribution in [-0.4, -0.2) is 22.4 Å². The number of fused-ring (bicyclic) bond motifs is 1. The number of rotatable bonds is 0. The van der Waals surface area contributed by atoms with Gasteiger partial charge in [0.2, 0.25) is 0 Å². The Bertz CT molecular complexity index is 297. The molecule has 0 heterocycles. The van der Waals surface area contributed by atoms with Gasteiger partial charge in [0.1, 0.15) is 0 Å². The first-order chi connectivity index (χ1) is 7.03. The van der Waals surface area contributed by atoms with Gasteiger partial charge >= 0.3 is 0 Å². The Morgan fingerprint density at radius 2 is 1.50 bits per heavy atom. The maximum Gasteiger partial charge on any atom is 0.0866 e. The van der Waals surface area contributed by atoms with Crippen LogP contribution in [0, 0.1) is 28.1 Å². The average molecular weight is 226 g/mol. The quantitative estimate of drug-likeness (QED) is 0.666. The third-order valence-corrected chi connectivity index (χ3v) is 5.11. The van der Waals surface area contributed by atoms with Crippen molar-refractivity contribution in [3.05, 3.63) is 0 Å². The van der Waals surface area contributed by atoms with E-state index in [4.69, 9.17) is 0 Å². The highest BCUT2D eigenvalue weighted by Crippen LogP contribution is 2.75. The van der Waals surface area contributed by atoms with E-state index in [0.29, 0.717) is 5.92 Å². The van der Waals surface area contributed by atoms with Gasteiger partial charge in [-0.1, -0.05) is 41.5 Å². The van der Waals surface area contributed by atoms with Crippen LogP contribution in [0.4, 0.5) is 0 Å². The predicted octanol–water partition coefficient (Wildman–Crippen LogP) is 2.44. The Labute approximate surface area is 99.1 Å². The summed E-state index contributed by atoms with van der Waals surface area (Å²) in [6.07, 6.45) is -0.00359. The smallest absolute Gasteiger partial charge is 0.0866 e. The molecule has 5 atom stereocenters. The van der Waals surface area contributed by atoms with Crippen molar-refractivity contribution in [3.63, 3.8) is 0 Å². The Balaban J connectivity index is 2.34. The summed E-state index contributed by atoms with van der Waals surface area (Å²) < 4.78 is 0. The third kappa shape index (κ3) is 1.32. The second-order valence-corrected chi connectivity index (χ2v) is 7.93. The molecule has 5 unspecified atom stereocenters. The molecule has 0 aromatic rings. The minimum absolute atomic E-state index is 0.0373. The van der Waals surface area contributed by atoms with Crippen molar-refractivity contribution >= 4 is 0 Å². The lowest BCUT2D eigenvalue weighted by Gasteiger charge is -2.35. The molecule has 0 aliphatic heterocycles. The molecule has 2 N–H and O–H groups in total. The van der Waals surface area contributed by atoms with Crippen LogP contribution in [0.2, 0.25) is 0 Å². The normalized spacial score (nSPS) is 48.0. The lowest BCUT2D eigenvalue weighted by Crippen LogP contribution is -2.41. The standard InChI is InChI=1S/C14H26O2/c1-12(2,3)9-8-7-14(8,13(4,5)6)11(16)10(9)15/h8-11,15-16H,7H2,1-6H3. The van der Waals surface area contributed by atoms with E-state index in [0.717, 1.165) is 6.42 Å². The highest BCUT2D eigenvalue weighted by Gasteiger charge is 2.75. The lowest BCUT2D eigenvalue weighted by atomic mass is 9.74. The van der Waals surface area contributed by atoms with E-state index in [1.54, 1.807) is 0 Å². The van der Waals surface area contributed by atoms with Gasteiger partial charge < -0.3 is 10.2 Å². The molecule has 2 aliphatic rings. The summed E-state index contributed by atoms with van der Waals surface area (Å²) in [5.41, 5.74) is 0.122. The summed E-state index contributed by atoms with van der Waals surface area (Å²) in [5, 5.41) is 20.7. The van der Waals surface area contributed by atoms with Crippen LogP contribution in [-0.2, 0) is 0 Å². The highest BCUT2D eigenvalue weighted by molar-refractivity contribution is 5.23. The van der Waals surface area contributed by atoms with Crippen molar-refractivity contribution in [3.8, 4) is 0 Å². The van der Waals surface area contributed by atoms with Gasteiger partial charge in [0.05, 0.1) is 12.2 Å². The van der Waals surface area contributed by atoms with Gasteiger partial charge in [-0.3, -0.25) is 0 Å². The third-order valence-electron chi connectivity index (χ3n) is 5.11. The Morgan fingerprint density at radius 3 is 1.75 bits per heavy atom. The van der Waals surface area contributed by atoms with Crippen molar-refractivity contribution in [1.82, 2.24) is 0 Å². The van der Waals surface area contributed by atoms with E-state index in [1.807, 2.05) is 0 Å². The van der Waals surface area contributed by atoms with Crippen LogP contribution < -0.4 is 0 Å². The van der Waals surface area contributed by atoms with Crippen LogP contribution in [0.3, 0.4) is 0 Å². The number of aliphatic hydroxyl groups excluding tert-OH is 2. The van der Waals surface area contributed by atoms with Crippen molar-refractivity contribution in [2.24, 2.45) is 28.1 Å². The summed E-state index contributed by atoms with van der Waals surface area (Å²) in [5.74, 6) is 0.735. The zero-order valence-corrected chi connectivity index (χ0v) is 11.4. The lowest BCUT2D eigenvalue weighted by molar-refractivity contribution is -0.0611. The van der Waals surface area contributed by atoms with E-state index in [-0.39, 0.29) is 22.2 Å². The first-order valence-corrected chi connectivity index (χ1v) is 6.39. The number of aliphatic hydroxyl groups is 2. The molecule has 0 spiro atoms. The second kappa shape index (κ2) is 3.02. The van der Waals surface area contributed by atoms with Crippen LogP contribution in [0.5, 0.6) is 0 Å². The van der Waals surface area contributed by atoms with Gasteiger partial charge in [0.25, 0.3) is 0 Å². The first kappa shape index (κ1) is 12.4. The SMILES string of the molecule is CC(C)(C)C1C(O)C(O)C2(C(C)(C)C)CC12. The summed E-state index contributed by atoms with van der Waals surface area (Å²) in [6, 6.07) is 0. The van der Waals surface area contributed by atoms with Gasteiger partial charge in [-0.2, -0.15) is 0 Å². The van der Waals surface area contributed by atoms with Crippen LogP contribution in [0.25, 0.3) is 0 Å². The van der Waals surface area contributed by atoms with E-state index in [9.17, 15) is 10.2 Å². The molecule has 0 saturated heterocycles. The van der Waals surface area contributed by atoms with E-state index in [1.165, 1.54) is 0 Å². The monoisotopic (exact) mass is 226 g/mol. The number of hydrogen-bond acceptors (Lipinski definition) is 2. The molecular weight excluding hydrogens is 200 g/mol. The molecule has 0 aromatic carbocycles. The molecule has 2 saturated carbocycles. The van der Waals surface area contributed by atoms with E-state index < -0.39 is 12.2 Å². The van der Waals surface area contributed by atoms with Crippen molar-refractivity contribution in [2.45, 2.75) is 60.2 Å². The van der Waals surface area contributed by atoms with Crippen LogP contribution >= 0.6 is 0 Å². The minimum Gasteiger partial charge on any atom is -0.390 e. The van der Waals surface area contributed by atoms with Crippen molar-refractivity contribution in [2.75, 3.05) is 0 Å². The van der Waals surface area contributed by atoms with Gasteiger partial charge in [0.15, 0.2) is 0 Å². The molecule has 0 amide bonds. The molecule has 2 nitrogen and oxygen atoms in total. The summed E-state index contributed by atoms with van der Waals surface area (Å²) in [7, 11) is 0. The van der Waals surface area contributed by atoms with E-state index in [2.05, 4.69) is 41.5 Å². The zero-order chi connectivity index (χ0) is 12.5. The molecular formula is C14H26O2. The van der Waals surface area contributed by atoms with Gasteiger partial charge in [-0.25, -0.2) is 0 Å². The maximum atomic E-state index is 10.4. The highest BCUT2D eigenvalue weighted by atomic mass is 16.3. The summed E-state index contributed by atoms with van der Waals surface area (Å²) in [6.45, 7) is 13.1. The maximum absolute atomic E-state index is 10.4. The zero-order valence-electron chi connectivity index (χ0n) is 11.4. The summed E-state index contributed by atoms with van der Waals surface area (Å²) >= 11 is 0. The fraction of sp³-hybridized carbons (Fsp3) is 1.00. The van der Waals surface area contributed by atoms with Gasteiger partial charge in [-0.05, 0) is 29.1 Å². The molecule has 0 radical (unpaired) electrons. The molecule has 16 heavy (non-hydrogen) atoms. The molecule has 0 aromatic heterocycles. The molecule has 94 valence electrons. The fourth-order valence-corrected chi connectivity index (χ4v) is 4.25. The Kier molecular flexibility index (Phi) is 2.34. The van der Waals surface area contributed by atoms with Crippen LogP contribution in [0.15, 0.2) is 0 Å². The Hall–Kier alpha value is -0.0800. The molecule has 2 rings (SSSR count). The number of hydrogen-bond donors (Lipinski definition) is 2. The predicted molar refractivity (Wildman–Crippen MR) is 65.0 cm³/mol. The fourth-order valence-electron chi connectivity index (χ4n) is 4.25. The first-order valence-electron chi connectivity index (χ1n) is 6.39. The Morgan fingerprint density at radius 1 is 1.00 bits per heavy atom. The minimum atomic E-state index is -0.544.